The minimum Gasteiger partial charge on any atom is -0.496 e. The van der Waals surface area contributed by atoms with E-state index in [9.17, 15) is 4.79 Å². The fourth-order valence-corrected chi connectivity index (χ4v) is 4.41. The molecular formula is C27H24ClN5O3. The van der Waals surface area contributed by atoms with Gasteiger partial charge in [-0.25, -0.2) is 4.68 Å². The molecule has 0 spiro atoms. The van der Waals surface area contributed by atoms with Crippen molar-refractivity contribution in [2.45, 2.75) is 13.0 Å². The van der Waals surface area contributed by atoms with Crippen LogP contribution in [0.2, 0.25) is 5.02 Å². The molecule has 1 aromatic heterocycles. The number of carbonyl (C=O) groups excluding carboxylic acids is 1. The van der Waals surface area contributed by atoms with E-state index in [-0.39, 0.29) is 5.91 Å². The molecule has 2 heterocycles. The molecule has 9 heteroatoms. The highest BCUT2D eigenvalue weighted by Gasteiger charge is 2.35. The number of carbonyl (C=O) groups is 1. The number of anilines is 2. The van der Waals surface area contributed by atoms with Gasteiger partial charge in [-0.2, -0.15) is 4.98 Å². The Bertz CT molecular complexity index is 1460. The Hall–Kier alpha value is -4.30. The molecule has 1 atom stereocenters. The first kappa shape index (κ1) is 23.4. The summed E-state index contributed by atoms with van der Waals surface area (Å²) in [6.07, 6.45) is 0. The molecule has 0 saturated heterocycles. The topological polar surface area (TPSA) is 90.3 Å². The third-order valence-electron chi connectivity index (χ3n) is 5.99. The number of benzene rings is 3. The Morgan fingerprint density at radius 3 is 2.36 bits per heavy atom. The Labute approximate surface area is 213 Å². The van der Waals surface area contributed by atoms with Gasteiger partial charge in [-0.15, -0.1) is 5.10 Å². The van der Waals surface area contributed by atoms with Crippen LogP contribution in [0.3, 0.4) is 0 Å². The number of allylic oxidation sites excluding steroid dienone is 1. The summed E-state index contributed by atoms with van der Waals surface area (Å²) in [5, 5.41) is 11.7. The van der Waals surface area contributed by atoms with Gasteiger partial charge < -0.3 is 20.1 Å². The summed E-state index contributed by atoms with van der Waals surface area (Å²) in [6, 6.07) is 21.6. The third kappa shape index (κ3) is 4.27. The van der Waals surface area contributed by atoms with Crippen molar-refractivity contribution in [3.63, 3.8) is 0 Å². The number of nitrogens with one attached hydrogen (secondary N) is 2. The number of fused-ring (bicyclic) bond motifs is 1. The molecule has 5 rings (SSSR count). The van der Waals surface area contributed by atoms with Crippen molar-refractivity contribution in [2.75, 3.05) is 24.9 Å². The molecule has 0 aliphatic carbocycles. The number of methoxy groups -OCH3 is 2. The number of ether oxygens (including phenoxy) is 2. The number of para-hydroxylation sites is 3. The van der Waals surface area contributed by atoms with Crippen LogP contribution in [0.1, 0.15) is 18.5 Å². The summed E-state index contributed by atoms with van der Waals surface area (Å²) in [5.74, 6) is 1.93. The molecule has 182 valence electrons. The van der Waals surface area contributed by atoms with Crippen LogP contribution in [-0.2, 0) is 4.79 Å². The van der Waals surface area contributed by atoms with Gasteiger partial charge in [0.2, 0.25) is 5.95 Å². The fraction of sp³-hybridized carbons (Fsp3) is 0.148. The number of halogens is 1. The highest BCUT2D eigenvalue weighted by molar-refractivity contribution is 6.30. The van der Waals surface area contributed by atoms with Gasteiger partial charge in [-0.1, -0.05) is 48.0 Å². The average molecular weight is 502 g/mol. The maximum atomic E-state index is 13.7. The summed E-state index contributed by atoms with van der Waals surface area (Å²) in [7, 11) is 3.17. The van der Waals surface area contributed by atoms with Crippen molar-refractivity contribution in [1.29, 1.82) is 0 Å². The zero-order chi connectivity index (χ0) is 25.2. The largest absolute Gasteiger partial charge is 0.496 e. The van der Waals surface area contributed by atoms with Gasteiger partial charge in [-0.3, -0.25) is 4.79 Å². The molecular weight excluding hydrogens is 478 g/mol. The van der Waals surface area contributed by atoms with E-state index in [2.05, 4.69) is 10.6 Å². The number of rotatable bonds is 6. The van der Waals surface area contributed by atoms with Crippen molar-refractivity contribution >= 4 is 29.1 Å². The Morgan fingerprint density at radius 1 is 0.972 bits per heavy atom. The summed E-state index contributed by atoms with van der Waals surface area (Å²) < 4.78 is 12.6. The molecule has 4 aromatic rings. The van der Waals surface area contributed by atoms with Crippen molar-refractivity contribution in [2.24, 2.45) is 0 Å². The second-order valence-corrected chi connectivity index (χ2v) is 8.61. The van der Waals surface area contributed by atoms with Crippen LogP contribution in [0.4, 0.5) is 11.6 Å². The summed E-state index contributed by atoms with van der Waals surface area (Å²) >= 11 is 6.17. The minimum atomic E-state index is -0.552. The van der Waals surface area contributed by atoms with Crippen LogP contribution < -0.4 is 20.1 Å². The van der Waals surface area contributed by atoms with Gasteiger partial charge in [0, 0.05) is 10.7 Å². The lowest BCUT2D eigenvalue weighted by Crippen LogP contribution is -2.31. The van der Waals surface area contributed by atoms with Crippen molar-refractivity contribution in [3.8, 4) is 22.9 Å². The lowest BCUT2D eigenvalue weighted by atomic mass is 9.95. The first-order valence-electron chi connectivity index (χ1n) is 11.3. The molecule has 8 nitrogen and oxygen atoms in total. The number of nitrogens with zero attached hydrogens (tertiary/aromatic N) is 3. The lowest BCUT2D eigenvalue weighted by molar-refractivity contribution is -0.113. The average Bonchev–Trinajstić information content (AvgIpc) is 3.32. The maximum absolute atomic E-state index is 13.7. The van der Waals surface area contributed by atoms with Crippen molar-refractivity contribution in [1.82, 2.24) is 14.8 Å². The quantitative estimate of drug-likeness (QED) is 0.360. The van der Waals surface area contributed by atoms with Crippen molar-refractivity contribution in [3.05, 3.63) is 94.7 Å². The van der Waals surface area contributed by atoms with Crippen LogP contribution in [0.5, 0.6) is 11.5 Å². The molecule has 2 N–H and O–H groups in total. The van der Waals surface area contributed by atoms with E-state index in [0.717, 1.165) is 11.1 Å². The van der Waals surface area contributed by atoms with Crippen molar-refractivity contribution < 1.29 is 14.3 Å². The van der Waals surface area contributed by atoms with Crippen LogP contribution in [-0.4, -0.2) is 34.9 Å². The fourth-order valence-electron chi connectivity index (χ4n) is 4.28. The zero-order valence-corrected chi connectivity index (χ0v) is 20.7. The van der Waals surface area contributed by atoms with Gasteiger partial charge in [0.1, 0.15) is 17.5 Å². The molecule has 0 radical (unpaired) electrons. The van der Waals surface area contributed by atoms with E-state index < -0.39 is 6.04 Å². The first-order chi connectivity index (χ1) is 17.5. The molecule has 0 bridgehead atoms. The highest BCUT2D eigenvalue weighted by atomic mass is 35.5. The van der Waals surface area contributed by atoms with Crippen LogP contribution in [0.15, 0.2) is 84.1 Å². The summed E-state index contributed by atoms with van der Waals surface area (Å²) in [5.41, 5.74) is 3.31. The zero-order valence-electron chi connectivity index (χ0n) is 19.9. The van der Waals surface area contributed by atoms with E-state index in [1.165, 1.54) is 0 Å². The molecule has 0 fully saturated rings. The number of hydrogen-bond acceptors (Lipinski definition) is 6. The Balaban J connectivity index is 1.61. The van der Waals surface area contributed by atoms with Gasteiger partial charge in [-0.05, 0) is 48.9 Å². The van der Waals surface area contributed by atoms with E-state index in [0.29, 0.717) is 45.3 Å². The SMILES string of the molecule is COc1ccccc1NC(=O)C1=C(C)Nc2nc(-c3ccccc3OC)nn2C1c1ccc(Cl)cc1. The lowest BCUT2D eigenvalue weighted by Gasteiger charge is -2.28. The molecule has 3 aromatic carbocycles. The van der Waals surface area contributed by atoms with Gasteiger partial charge in [0.15, 0.2) is 5.82 Å². The molecule has 36 heavy (non-hydrogen) atoms. The Kier molecular flexibility index (Phi) is 6.35. The first-order valence-corrected chi connectivity index (χ1v) is 11.7. The molecule has 1 aliphatic rings. The predicted octanol–water partition coefficient (Wildman–Crippen LogP) is 5.54. The molecule has 1 aliphatic heterocycles. The van der Waals surface area contributed by atoms with E-state index in [4.69, 9.17) is 31.2 Å². The van der Waals surface area contributed by atoms with Crippen LogP contribution in [0, 0.1) is 0 Å². The maximum Gasteiger partial charge on any atom is 0.255 e. The molecule has 1 amide bonds. The van der Waals surface area contributed by atoms with E-state index in [1.54, 1.807) is 43.2 Å². The predicted molar refractivity (Wildman–Crippen MR) is 140 cm³/mol. The van der Waals surface area contributed by atoms with Gasteiger partial charge in [0.05, 0.1) is 31.0 Å². The standard InChI is InChI=1S/C27H24ClN5O3/c1-16-23(26(34)30-20-9-5-7-11-22(20)36-3)24(17-12-14-18(28)15-13-17)33-27(29-16)31-25(32-33)19-8-4-6-10-21(19)35-2/h4-15,24H,1-3H3,(H,30,34)(H,29,31,32). The number of amides is 1. The highest BCUT2D eigenvalue weighted by Crippen LogP contribution is 2.38. The summed E-state index contributed by atoms with van der Waals surface area (Å²) in [6.45, 7) is 1.85. The summed E-state index contributed by atoms with van der Waals surface area (Å²) in [4.78, 5) is 18.4. The molecule has 1 unspecified atom stereocenters. The van der Waals surface area contributed by atoms with Crippen LogP contribution in [0.25, 0.3) is 11.4 Å². The second-order valence-electron chi connectivity index (χ2n) is 8.18. The Morgan fingerprint density at radius 2 is 1.64 bits per heavy atom. The third-order valence-corrected chi connectivity index (χ3v) is 6.24. The minimum absolute atomic E-state index is 0.288. The van der Waals surface area contributed by atoms with E-state index in [1.807, 2.05) is 55.5 Å². The molecule has 0 saturated carbocycles. The normalized spacial score (nSPS) is 14.6. The van der Waals surface area contributed by atoms with E-state index >= 15 is 0 Å². The monoisotopic (exact) mass is 501 g/mol. The van der Waals surface area contributed by atoms with Gasteiger partial charge >= 0.3 is 0 Å². The smallest absolute Gasteiger partial charge is 0.255 e. The number of hydrogen-bond donors (Lipinski definition) is 2. The van der Waals surface area contributed by atoms with Gasteiger partial charge in [0.25, 0.3) is 5.91 Å². The second kappa shape index (κ2) is 9.75. The number of aromatic nitrogens is 3. The van der Waals surface area contributed by atoms with Crippen LogP contribution >= 0.6 is 11.6 Å².